The van der Waals surface area contributed by atoms with Gasteiger partial charge in [0, 0.05) is 981 Å². The molecule has 0 spiro atoms. The van der Waals surface area contributed by atoms with Crippen LogP contribution in [0.3, 0.4) is 0 Å². The van der Waals surface area contributed by atoms with Gasteiger partial charge < -0.3 is 23.7 Å². The van der Waals surface area contributed by atoms with Gasteiger partial charge in [-0.15, -0.1) is 19.7 Å². The fraction of sp³-hybridized carbons (Fsp3) is 0.944. The molecule has 11 aliphatic carbocycles. The van der Waals surface area contributed by atoms with Crippen molar-refractivity contribution < 1.29 is 981 Å². The Balaban J connectivity index is -0.0000000291. The van der Waals surface area contributed by atoms with Crippen LogP contribution < -0.4 is 0 Å². The maximum Gasteiger partial charge on any atom is 0 e. The van der Waals surface area contributed by atoms with Crippen LogP contribution in [0.2, 0.25) is 6.82 Å². The number of rotatable bonds is 8. The summed E-state index contributed by atoms with van der Waals surface area (Å²) in [6, 6.07) is 0. The minimum atomic E-state index is 0. The van der Waals surface area contributed by atoms with E-state index in [9.17, 15) is 0 Å². The summed E-state index contributed by atoms with van der Waals surface area (Å²) in [5, 5.41) is 0. The molecule has 0 saturated heterocycles. The molecule has 0 atom stereocenters. The second-order valence-corrected chi connectivity index (χ2v) is 27.8. The van der Waals surface area contributed by atoms with Gasteiger partial charge in [-0.25, -0.2) is 0 Å². The third kappa shape index (κ3) is 103. The predicted molar refractivity (Wildman–Crippen MR) is 324 cm³/mol. The van der Waals surface area contributed by atoms with Crippen molar-refractivity contribution >= 4 is 7.28 Å². The maximum absolute atomic E-state index is 5.85. The minimum absolute atomic E-state index is 0. The van der Waals surface area contributed by atoms with E-state index in [2.05, 4.69) is 5.98 Å². The zero-order valence-corrected chi connectivity index (χ0v) is 152. The third-order valence-electron chi connectivity index (χ3n) is 22.6. The Labute approximate surface area is 1400 Å². The van der Waals surface area contributed by atoms with Gasteiger partial charge in [-0.05, 0) is 66.5 Å². The average molecular weight is 3670 g/mol. The molecule has 0 nitrogen and oxygen atoms in total. The Kier molecular flexibility index (Phi) is 283. The van der Waals surface area contributed by atoms with Crippen LogP contribution >= 0.6 is 0 Å². The monoisotopic (exact) mass is 3670 g/mol. The van der Waals surface area contributed by atoms with Crippen LogP contribution in [0.5, 0.6) is 0 Å². The Hall–Kier alpha value is 32.7. The predicted octanol–water partition coefficient (Wildman–Crippen LogP) is 24.0. The molecule has 511 valence electrons. The summed E-state index contributed by atoms with van der Waals surface area (Å²) in [5.41, 5.74) is 2.20. The summed E-state index contributed by atoms with van der Waals surface area (Å²) >= 11 is 0. The van der Waals surface area contributed by atoms with Gasteiger partial charge in [0.2, 0.25) is 0 Å². The minimum Gasteiger partial charge on any atom is -0.408 e. The zero-order valence-electron chi connectivity index (χ0n) is 67.2. The van der Waals surface area contributed by atoms with Crippen LogP contribution in [0.25, 0.3) is 0 Å². The van der Waals surface area contributed by atoms with Crippen molar-refractivity contribution in [2.24, 2.45) is 65.1 Å². The normalized spacial score (nSPS) is 19.4. The molecule has 0 unspecified atom stereocenters. The van der Waals surface area contributed by atoms with Crippen molar-refractivity contribution in [2.45, 2.75) is 367 Å². The molecular formula is C72H128BY30-2. The van der Waals surface area contributed by atoms with Gasteiger partial charge >= 0.3 is 0 Å². The number of hydrogen-bond donors (Lipinski definition) is 0. The van der Waals surface area contributed by atoms with E-state index in [-0.39, 0.29) is 981 Å². The number of hydrogen-bond acceptors (Lipinski definition) is 0. The van der Waals surface area contributed by atoms with Crippen LogP contribution in [0.15, 0.2) is 11.1 Å². The standard InChI is InChI=1S/C12H18B.5C12H22.30Y/c1-10(2)12(9-13-3)11-7-5-4-6-8-11;5*1-3-7-11(8-4-1)12-9-5-2-6-10-12;;;;;;;;;;;;;;;;;;;;;;;;;;;;;;/h1,11H,4-8H2,2-3H3;5*11-12H,1-10H2;;;;;;;;;;;;;;;;;;;;;;;;;;;;;;/q-2;;;;;;;;;;;;;;;;;;;;;;;;;;;;;;;;;;;. The van der Waals surface area contributed by atoms with Crippen molar-refractivity contribution in [1.82, 2.24) is 0 Å². The first-order valence-electron chi connectivity index (χ1n) is 35.1. The van der Waals surface area contributed by atoms with Gasteiger partial charge in [-0.2, -0.15) is 0 Å². The Morgan fingerprint density at radius 3 is 0.369 bits per heavy atom. The summed E-state index contributed by atoms with van der Waals surface area (Å²) in [7, 11) is 1.97. The Morgan fingerprint density at radius 2 is 0.282 bits per heavy atom. The third-order valence-corrected chi connectivity index (χ3v) is 22.6. The molecule has 0 bridgehead atoms. The van der Waals surface area contributed by atoms with E-state index in [0.29, 0.717) is 5.92 Å². The number of allylic oxidation sites excluding steroid dienone is 2. The van der Waals surface area contributed by atoms with Crippen LogP contribution in [-0.4, -0.2) is 7.28 Å². The van der Waals surface area contributed by atoms with Crippen LogP contribution in [0.1, 0.15) is 360 Å². The van der Waals surface area contributed by atoms with Crippen LogP contribution in [-0.2, 0) is 981 Å². The fourth-order valence-electron chi connectivity index (χ4n) is 18.2. The van der Waals surface area contributed by atoms with E-state index in [0.717, 1.165) is 64.8 Å². The molecule has 11 fully saturated rings. The van der Waals surface area contributed by atoms with Crippen LogP contribution in [0.4, 0.5) is 0 Å². The quantitative estimate of drug-likeness (QED) is 0.129. The molecule has 0 aromatic carbocycles. The summed E-state index contributed by atoms with van der Waals surface area (Å²) < 4.78 is 0. The molecule has 0 aliphatic heterocycles. The molecule has 0 N–H and O–H groups in total. The van der Waals surface area contributed by atoms with Crippen molar-refractivity contribution in [3.8, 4) is 0 Å². The van der Waals surface area contributed by atoms with E-state index in [1.807, 2.05) is 21.0 Å². The van der Waals surface area contributed by atoms with E-state index in [1.165, 1.54) is 230 Å². The van der Waals surface area contributed by atoms with Gasteiger partial charge in [0.05, 0.1) is 0 Å². The fourth-order valence-corrected chi connectivity index (χ4v) is 18.2. The van der Waals surface area contributed by atoms with Gasteiger partial charge in [-0.3, -0.25) is 0 Å². The molecular weight excluding hydrogens is 3540 g/mol. The molecule has 31 radical (unpaired) electrons. The summed E-state index contributed by atoms with van der Waals surface area (Å²) in [6.45, 7) is 9.84. The molecule has 31 heteroatoms. The van der Waals surface area contributed by atoms with Gasteiger partial charge in [0.25, 0.3) is 0 Å². The molecule has 11 rings (SSSR count). The zero-order chi connectivity index (χ0) is 50.8. The molecule has 0 aromatic heterocycles. The van der Waals surface area contributed by atoms with E-state index in [1.54, 1.807) is 128 Å². The smallest absolute Gasteiger partial charge is 0 e. The molecule has 0 aromatic rings. The van der Waals surface area contributed by atoms with E-state index in [4.69, 9.17) is 6.58 Å². The van der Waals surface area contributed by atoms with Crippen LogP contribution in [0, 0.1) is 77.7 Å². The van der Waals surface area contributed by atoms with Crippen molar-refractivity contribution in [3.63, 3.8) is 0 Å². The SMILES string of the molecule is C1CCC(C2CCCCC2)CC1.C1CCC(C2CCCCC2)CC1.C1CCC(C2CCCCC2)CC1.C1CCC(C2CCCCC2)CC1.C1CCC(C2CCCCC2)CC1.[CH-]=C(C)C(=[C-][B]C)C1CCCCC1.[Y].[Y].[Y].[Y].[Y].[Y].[Y].[Y].[Y].[Y].[Y].[Y].[Y].[Y].[Y].[Y].[Y].[Y].[Y].[Y].[Y].[Y].[Y].[Y].[Y].[Y].[Y].[Y].[Y].[Y]. The molecule has 103 heavy (non-hydrogen) atoms. The molecule has 11 saturated carbocycles. The summed E-state index contributed by atoms with van der Waals surface area (Å²) in [6.07, 6.45) is 83.6. The van der Waals surface area contributed by atoms with Gasteiger partial charge in [0.15, 0.2) is 0 Å². The molecule has 0 heterocycles. The largest absolute Gasteiger partial charge is 0.408 e. The van der Waals surface area contributed by atoms with Crippen molar-refractivity contribution in [2.75, 3.05) is 0 Å². The second-order valence-electron chi connectivity index (χ2n) is 27.8. The first-order valence-corrected chi connectivity index (χ1v) is 35.1. The Bertz CT molecular complexity index is 1130. The first-order chi connectivity index (χ1) is 36.1. The van der Waals surface area contributed by atoms with Crippen molar-refractivity contribution in [1.29, 1.82) is 0 Å². The van der Waals surface area contributed by atoms with E-state index < -0.39 is 0 Å². The summed E-state index contributed by atoms with van der Waals surface area (Å²) in [4.78, 5) is 0. The molecule has 0 amide bonds. The molecule has 11 aliphatic rings. The topological polar surface area (TPSA) is 0 Å². The van der Waals surface area contributed by atoms with Gasteiger partial charge in [0.1, 0.15) is 0 Å². The van der Waals surface area contributed by atoms with Gasteiger partial charge in [-0.1, -0.05) is 353 Å². The summed E-state index contributed by atoms with van der Waals surface area (Å²) in [5.74, 6) is 15.3. The van der Waals surface area contributed by atoms with E-state index >= 15 is 0 Å². The first kappa shape index (κ1) is 201. The maximum atomic E-state index is 5.85. The van der Waals surface area contributed by atoms with Crippen molar-refractivity contribution in [3.05, 3.63) is 23.7 Å². The second kappa shape index (κ2) is 145. The Morgan fingerprint density at radius 1 is 0.184 bits per heavy atom. The average Bonchev–Trinajstić information content (AvgIpc) is 3.50.